The zero-order valence-corrected chi connectivity index (χ0v) is 8.66. The van der Waals surface area contributed by atoms with Crippen LogP contribution in [0, 0.1) is 5.92 Å². The number of nitrogens with zero attached hydrogens (tertiary/aromatic N) is 1. The molecule has 14 heavy (non-hydrogen) atoms. The number of hydrogen-bond acceptors (Lipinski definition) is 3. The summed E-state index contributed by atoms with van der Waals surface area (Å²) in [6.45, 7) is 2.93. The molecule has 0 spiro atoms. The molecule has 0 aliphatic carbocycles. The lowest BCUT2D eigenvalue weighted by molar-refractivity contribution is 0.173. The molecule has 1 amide bonds. The third kappa shape index (κ3) is 2.38. The third-order valence-electron chi connectivity index (χ3n) is 3.19. The number of nitrogens with one attached hydrogen (secondary N) is 1. The number of hydrogen-bond donors (Lipinski definition) is 1. The van der Waals surface area contributed by atoms with Gasteiger partial charge in [0, 0.05) is 0 Å². The molecule has 80 valence electrons. The summed E-state index contributed by atoms with van der Waals surface area (Å²) < 4.78 is 4.87. The van der Waals surface area contributed by atoms with Gasteiger partial charge in [0.1, 0.15) is 6.61 Å². The van der Waals surface area contributed by atoms with Crippen LogP contribution in [0.15, 0.2) is 0 Å². The first-order chi connectivity index (χ1) is 6.74. The van der Waals surface area contributed by atoms with Crippen LogP contribution >= 0.6 is 0 Å². The van der Waals surface area contributed by atoms with E-state index in [0.717, 1.165) is 12.3 Å². The smallest absolute Gasteiger partial charge is 0.407 e. The molecule has 2 heterocycles. The van der Waals surface area contributed by atoms with Crippen molar-refractivity contribution in [1.82, 2.24) is 10.2 Å². The van der Waals surface area contributed by atoms with Crippen molar-refractivity contribution in [3.05, 3.63) is 0 Å². The molecule has 2 rings (SSSR count). The predicted molar refractivity (Wildman–Crippen MR) is 53.1 cm³/mol. The first-order valence-electron chi connectivity index (χ1n) is 5.36. The van der Waals surface area contributed by atoms with Gasteiger partial charge >= 0.3 is 6.09 Å². The number of ether oxygens (including phenoxy) is 1. The number of carbonyl (C=O) groups excluding carboxylic acids is 1. The fraction of sp³-hybridized carbons (Fsp3) is 0.900. The van der Waals surface area contributed by atoms with Crippen molar-refractivity contribution >= 4 is 6.09 Å². The van der Waals surface area contributed by atoms with Crippen molar-refractivity contribution in [1.29, 1.82) is 0 Å². The lowest BCUT2D eigenvalue weighted by atomic mass is 9.91. The average Bonchev–Trinajstić information content (AvgIpc) is 2.56. The summed E-state index contributed by atoms with van der Waals surface area (Å²) in [4.78, 5) is 13.2. The Morgan fingerprint density at radius 1 is 1.50 bits per heavy atom. The average molecular weight is 198 g/mol. The van der Waals surface area contributed by atoms with Gasteiger partial charge in [-0.2, -0.15) is 0 Å². The summed E-state index contributed by atoms with van der Waals surface area (Å²) in [5.74, 6) is 0.762. The molecule has 0 bridgehead atoms. The van der Waals surface area contributed by atoms with Crippen LogP contribution in [0.5, 0.6) is 0 Å². The van der Waals surface area contributed by atoms with Crippen LogP contribution in [0.3, 0.4) is 0 Å². The largest absolute Gasteiger partial charge is 0.447 e. The van der Waals surface area contributed by atoms with Crippen LogP contribution in [-0.4, -0.2) is 43.8 Å². The van der Waals surface area contributed by atoms with Gasteiger partial charge in [0.05, 0.1) is 6.04 Å². The Balaban J connectivity index is 1.72. The lowest BCUT2D eigenvalue weighted by Gasteiger charge is -2.29. The van der Waals surface area contributed by atoms with Crippen molar-refractivity contribution in [3.8, 4) is 0 Å². The third-order valence-corrected chi connectivity index (χ3v) is 3.19. The van der Waals surface area contributed by atoms with E-state index in [4.69, 9.17) is 4.74 Å². The fourth-order valence-corrected chi connectivity index (χ4v) is 2.25. The van der Waals surface area contributed by atoms with Crippen LogP contribution < -0.4 is 5.32 Å². The maximum absolute atomic E-state index is 10.8. The van der Waals surface area contributed by atoms with E-state index >= 15 is 0 Å². The maximum Gasteiger partial charge on any atom is 0.407 e. The topological polar surface area (TPSA) is 41.6 Å². The predicted octanol–water partition coefficient (Wildman–Crippen LogP) is 0.827. The molecular formula is C10H18N2O2. The highest BCUT2D eigenvalue weighted by Crippen LogP contribution is 2.22. The van der Waals surface area contributed by atoms with Gasteiger partial charge < -0.3 is 15.0 Å². The number of rotatable bonds is 2. The van der Waals surface area contributed by atoms with Crippen LogP contribution in [-0.2, 0) is 4.74 Å². The van der Waals surface area contributed by atoms with Crippen LogP contribution in [0.1, 0.15) is 19.3 Å². The van der Waals surface area contributed by atoms with Crippen molar-refractivity contribution in [2.45, 2.75) is 25.3 Å². The van der Waals surface area contributed by atoms with Gasteiger partial charge in [0.2, 0.25) is 0 Å². The van der Waals surface area contributed by atoms with E-state index in [2.05, 4.69) is 17.3 Å². The lowest BCUT2D eigenvalue weighted by Crippen LogP contribution is -2.34. The molecule has 2 saturated heterocycles. The summed E-state index contributed by atoms with van der Waals surface area (Å²) in [7, 11) is 2.16. The normalized spacial score (nSPS) is 30.1. The van der Waals surface area contributed by atoms with E-state index in [9.17, 15) is 4.79 Å². The summed E-state index contributed by atoms with van der Waals surface area (Å²) >= 11 is 0. The van der Waals surface area contributed by atoms with Crippen LogP contribution in [0.25, 0.3) is 0 Å². The van der Waals surface area contributed by atoms with Crippen LogP contribution in [0.2, 0.25) is 0 Å². The Bertz CT molecular complexity index is 212. The first-order valence-corrected chi connectivity index (χ1v) is 5.36. The van der Waals surface area contributed by atoms with Crippen molar-refractivity contribution in [2.75, 3.05) is 26.7 Å². The van der Waals surface area contributed by atoms with Gasteiger partial charge in [-0.15, -0.1) is 0 Å². The van der Waals surface area contributed by atoms with Crippen molar-refractivity contribution in [3.63, 3.8) is 0 Å². The Kier molecular flexibility index (Phi) is 2.91. The minimum absolute atomic E-state index is 0.247. The molecule has 2 fully saturated rings. The molecule has 1 atom stereocenters. The number of piperidine rings is 1. The van der Waals surface area contributed by atoms with Crippen LogP contribution in [0.4, 0.5) is 4.79 Å². The van der Waals surface area contributed by atoms with Gasteiger partial charge in [-0.1, -0.05) is 0 Å². The van der Waals surface area contributed by atoms with Crippen molar-refractivity contribution in [2.24, 2.45) is 5.92 Å². The highest BCUT2D eigenvalue weighted by molar-refractivity contribution is 5.69. The van der Waals surface area contributed by atoms with Gasteiger partial charge in [-0.25, -0.2) is 4.79 Å². The van der Waals surface area contributed by atoms with E-state index in [1.165, 1.54) is 25.9 Å². The first kappa shape index (κ1) is 9.77. The molecular weight excluding hydrogens is 180 g/mol. The highest BCUT2D eigenvalue weighted by Gasteiger charge is 2.26. The van der Waals surface area contributed by atoms with E-state index in [1.54, 1.807) is 0 Å². The summed E-state index contributed by atoms with van der Waals surface area (Å²) in [6, 6.07) is 0.260. The van der Waals surface area contributed by atoms with Gasteiger partial charge in [-0.3, -0.25) is 0 Å². The summed E-state index contributed by atoms with van der Waals surface area (Å²) in [6.07, 6.45) is 3.34. The highest BCUT2D eigenvalue weighted by atomic mass is 16.6. The van der Waals surface area contributed by atoms with Gasteiger partial charge in [0.25, 0.3) is 0 Å². The summed E-state index contributed by atoms with van der Waals surface area (Å²) in [5.41, 5.74) is 0. The Morgan fingerprint density at radius 3 is 2.79 bits per heavy atom. The van der Waals surface area contributed by atoms with E-state index < -0.39 is 0 Å². The van der Waals surface area contributed by atoms with E-state index in [1.807, 2.05) is 0 Å². The van der Waals surface area contributed by atoms with Gasteiger partial charge in [-0.05, 0) is 45.3 Å². The molecule has 0 aromatic carbocycles. The Morgan fingerprint density at radius 2 is 2.21 bits per heavy atom. The molecule has 4 nitrogen and oxygen atoms in total. The SMILES string of the molecule is CN1CCC(CC2COC(=O)N2)CC1. The number of amides is 1. The maximum atomic E-state index is 10.8. The van der Waals surface area contributed by atoms with E-state index in [-0.39, 0.29) is 12.1 Å². The molecule has 2 aliphatic rings. The second-order valence-corrected chi connectivity index (χ2v) is 4.42. The fourth-order valence-electron chi connectivity index (χ4n) is 2.25. The second-order valence-electron chi connectivity index (χ2n) is 4.42. The molecule has 0 aromatic heterocycles. The van der Waals surface area contributed by atoms with Gasteiger partial charge in [0.15, 0.2) is 0 Å². The number of carbonyl (C=O) groups is 1. The summed E-state index contributed by atoms with van der Waals surface area (Å²) in [5, 5.41) is 2.84. The minimum Gasteiger partial charge on any atom is -0.447 e. The molecule has 4 heteroatoms. The number of likely N-dealkylation sites (tertiary alicyclic amines) is 1. The minimum atomic E-state index is -0.247. The second kappa shape index (κ2) is 4.17. The monoisotopic (exact) mass is 198 g/mol. The molecule has 0 aromatic rings. The standard InChI is InChI=1S/C10H18N2O2/c1-12-4-2-8(3-5-12)6-9-7-14-10(13)11-9/h8-9H,2-7H2,1H3,(H,11,13). The number of cyclic esters (lactones) is 1. The molecule has 1 unspecified atom stereocenters. The number of alkyl carbamates (subject to hydrolysis) is 1. The Labute approximate surface area is 84.6 Å². The van der Waals surface area contributed by atoms with E-state index in [0.29, 0.717) is 6.61 Å². The quantitative estimate of drug-likeness (QED) is 0.714. The molecule has 2 aliphatic heterocycles. The molecule has 0 radical (unpaired) electrons. The zero-order chi connectivity index (χ0) is 9.97. The molecule has 0 saturated carbocycles. The zero-order valence-electron chi connectivity index (χ0n) is 8.66. The van der Waals surface area contributed by atoms with Crippen molar-refractivity contribution < 1.29 is 9.53 Å². The molecule has 1 N–H and O–H groups in total. The Hall–Kier alpha value is -0.770.